The van der Waals surface area contributed by atoms with Gasteiger partial charge in [0.15, 0.2) is 0 Å². The number of rotatable bonds is 0. The molecule has 0 aliphatic carbocycles. The Labute approximate surface area is 190 Å². The van der Waals surface area contributed by atoms with Gasteiger partial charge in [-0.15, -0.1) is 6.58 Å². The molecule has 0 radical (unpaired) electrons. The van der Waals surface area contributed by atoms with Gasteiger partial charge in [-0.3, -0.25) is 0 Å². The van der Waals surface area contributed by atoms with Crippen molar-refractivity contribution in [2.24, 2.45) is 0 Å². The lowest BCUT2D eigenvalue weighted by Gasteiger charge is -2.18. The van der Waals surface area contributed by atoms with Crippen molar-refractivity contribution in [1.29, 1.82) is 0 Å². The van der Waals surface area contributed by atoms with Crippen LogP contribution in [-0.4, -0.2) is 20.2 Å². The molecule has 0 saturated carbocycles. The normalized spacial score (nSPS) is 9.87. The summed E-state index contributed by atoms with van der Waals surface area (Å²) in [5.41, 5.74) is 3.03. The average Bonchev–Trinajstić information content (AvgIpc) is 2.77. The summed E-state index contributed by atoms with van der Waals surface area (Å²) in [6.45, 7) is 18.2. The Hall–Kier alpha value is -2.17. The second-order valence-electron chi connectivity index (χ2n) is 5.79. The summed E-state index contributed by atoms with van der Waals surface area (Å²) in [6.07, 6.45) is 1.59. The van der Waals surface area contributed by atoms with E-state index in [2.05, 4.69) is 6.58 Å². The standard InChI is InChI=1S/C9H8ClFO.C7H7Cl.C4H8.C2H6.2CH2O/c10-7-3-4-8(11)6-2-1-5-12-9(6)7;1-6-2-4-7(8)5-3-6;1-4(2)3;3*1-2/h3-4H,1-2,5H2;2-5H,1H3;1H2,2-3H3;1-2H3;2*1H2. The summed E-state index contributed by atoms with van der Waals surface area (Å²) in [4.78, 5) is 16.0. The van der Waals surface area contributed by atoms with E-state index in [9.17, 15) is 4.39 Å². The number of benzene rings is 2. The molecule has 30 heavy (non-hydrogen) atoms. The van der Waals surface area contributed by atoms with Gasteiger partial charge in [-0.05, 0) is 57.9 Å². The quantitative estimate of drug-likeness (QED) is 0.379. The van der Waals surface area contributed by atoms with E-state index >= 15 is 0 Å². The van der Waals surface area contributed by atoms with Crippen LogP contribution in [0.15, 0.2) is 48.6 Å². The lowest BCUT2D eigenvalue weighted by Crippen LogP contribution is -2.10. The van der Waals surface area contributed by atoms with Crippen molar-refractivity contribution < 1.29 is 18.7 Å². The van der Waals surface area contributed by atoms with E-state index in [4.69, 9.17) is 37.5 Å². The zero-order chi connectivity index (χ0) is 24.1. The van der Waals surface area contributed by atoms with Crippen LogP contribution < -0.4 is 4.74 Å². The molecule has 0 atom stereocenters. The van der Waals surface area contributed by atoms with Gasteiger partial charge in [0.1, 0.15) is 25.1 Å². The summed E-state index contributed by atoms with van der Waals surface area (Å²) < 4.78 is 18.4. The molecule has 1 heterocycles. The van der Waals surface area contributed by atoms with Crippen LogP contribution in [0.2, 0.25) is 10.0 Å². The summed E-state index contributed by atoms with van der Waals surface area (Å²) in [5.74, 6) is 0.317. The van der Waals surface area contributed by atoms with Gasteiger partial charge in [0.25, 0.3) is 0 Å². The number of carbonyl (C=O) groups is 2. The molecular formula is C24H33Cl2FO3. The van der Waals surface area contributed by atoms with Crippen LogP contribution in [-0.2, 0) is 16.0 Å². The van der Waals surface area contributed by atoms with Gasteiger partial charge in [-0.2, -0.15) is 0 Å². The van der Waals surface area contributed by atoms with E-state index in [1.807, 2.05) is 72.5 Å². The van der Waals surface area contributed by atoms with Gasteiger partial charge < -0.3 is 14.3 Å². The Morgan fingerprint density at radius 1 is 0.967 bits per heavy atom. The number of hydrogen-bond acceptors (Lipinski definition) is 3. The predicted octanol–water partition coefficient (Wildman–Crippen LogP) is 7.69. The van der Waals surface area contributed by atoms with Gasteiger partial charge >= 0.3 is 0 Å². The molecule has 0 N–H and O–H groups in total. The molecule has 0 aromatic heterocycles. The number of aryl methyl sites for hydroxylation is 1. The van der Waals surface area contributed by atoms with Crippen LogP contribution in [0, 0.1) is 12.7 Å². The smallest absolute Gasteiger partial charge is 0.143 e. The minimum atomic E-state index is -0.214. The lowest BCUT2D eigenvalue weighted by atomic mass is 10.1. The van der Waals surface area contributed by atoms with E-state index in [1.54, 1.807) is 0 Å². The topological polar surface area (TPSA) is 43.4 Å². The lowest BCUT2D eigenvalue weighted by molar-refractivity contribution is -0.0987. The zero-order valence-corrected chi connectivity index (χ0v) is 20.1. The summed E-state index contributed by atoms with van der Waals surface area (Å²) >= 11 is 11.4. The number of carbonyl (C=O) groups excluding carboxylic acids is 2. The van der Waals surface area contributed by atoms with E-state index in [0.717, 1.165) is 17.9 Å². The number of ether oxygens (including phenoxy) is 1. The maximum Gasteiger partial charge on any atom is 0.143 e. The van der Waals surface area contributed by atoms with Gasteiger partial charge in [0.2, 0.25) is 0 Å². The molecule has 0 fully saturated rings. The van der Waals surface area contributed by atoms with Crippen molar-refractivity contribution in [2.75, 3.05) is 6.61 Å². The van der Waals surface area contributed by atoms with Crippen molar-refractivity contribution >= 4 is 36.8 Å². The van der Waals surface area contributed by atoms with Crippen LogP contribution in [0.5, 0.6) is 5.75 Å². The third-order valence-electron chi connectivity index (χ3n) is 2.98. The predicted molar refractivity (Wildman–Crippen MR) is 127 cm³/mol. The van der Waals surface area contributed by atoms with Gasteiger partial charge in [0, 0.05) is 10.6 Å². The molecule has 3 rings (SSSR count). The number of halogens is 3. The highest BCUT2D eigenvalue weighted by Gasteiger charge is 2.17. The average molecular weight is 459 g/mol. The van der Waals surface area contributed by atoms with Crippen LogP contribution in [0.25, 0.3) is 0 Å². The van der Waals surface area contributed by atoms with Gasteiger partial charge in [-0.1, -0.05) is 60.3 Å². The SMILES string of the molecule is C=C(C)C.C=O.C=O.CC.Cc1ccc(Cl)cc1.Fc1ccc(Cl)c2c1CCCO2. The van der Waals surface area contributed by atoms with E-state index in [0.29, 0.717) is 22.9 Å². The fraction of sp³-hybridized carbons (Fsp3) is 0.333. The molecule has 168 valence electrons. The molecule has 6 heteroatoms. The molecule has 3 nitrogen and oxygen atoms in total. The summed E-state index contributed by atoms with van der Waals surface area (Å²) in [6, 6.07) is 10.7. The molecule has 0 amide bonds. The highest BCUT2D eigenvalue weighted by atomic mass is 35.5. The Bertz CT molecular complexity index is 646. The second kappa shape index (κ2) is 21.5. The molecule has 0 unspecified atom stereocenters. The van der Waals surface area contributed by atoms with Crippen molar-refractivity contribution in [1.82, 2.24) is 0 Å². The third kappa shape index (κ3) is 15.7. The zero-order valence-electron chi connectivity index (χ0n) is 18.6. The minimum Gasteiger partial charge on any atom is -0.492 e. The molecule has 1 aliphatic rings. The number of allylic oxidation sites excluding steroid dienone is 1. The second-order valence-corrected chi connectivity index (χ2v) is 6.64. The maximum atomic E-state index is 13.1. The first-order chi connectivity index (χ1) is 14.3. The third-order valence-corrected chi connectivity index (χ3v) is 3.53. The van der Waals surface area contributed by atoms with Crippen LogP contribution in [0.3, 0.4) is 0 Å². The van der Waals surface area contributed by atoms with Crippen LogP contribution >= 0.6 is 23.2 Å². The van der Waals surface area contributed by atoms with Crippen molar-refractivity contribution in [3.8, 4) is 5.75 Å². The molecule has 0 spiro atoms. The number of hydrogen-bond donors (Lipinski definition) is 0. The first-order valence-corrected chi connectivity index (χ1v) is 10.1. The van der Waals surface area contributed by atoms with Crippen molar-refractivity contribution in [3.63, 3.8) is 0 Å². The molecule has 1 aliphatic heterocycles. The maximum absolute atomic E-state index is 13.1. The Morgan fingerprint density at radius 3 is 1.83 bits per heavy atom. The molecule has 0 saturated heterocycles. The summed E-state index contributed by atoms with van der Waals surface area (Å²) in [5, 5.41) is 1.31. The van der Waals surface area contributed by atoms with E-state index in [-0.39, 0.29) is 5.82 Å². The van der Waals surface area contributed by atoms with Crippen LogP contribution in [0.1, 0.15) is 45.2 Å². The summed E-state index contributed by atoms with van der Waals surface area (Å²) in [7, 11) is 0. The minimum absolute atomic E-state index is 0.214. The van der Waals surface area contributed by atoms with Gasteiger partial charge in [-0.25, -0.2) is 4.39 Å². The number of fused-ring (bicyclic) bond motifs is 1. The molecule has 2 aromatic rings. The largest absolute Gasteiger partial charge is 0.492 e. The van der Waals surface area contributed by atoms with E-state index < -0.39 is 0 Å². The molecule has 0 bridgehead atoms. The fourth-order valence-electron chi connectivity index (χ4n) is 1.92. The Kier molecular flexibility index (Phi) is 23.3. The highest BCUT2D eigenvalue weighted by Crippen LogP contribution is 2.34. The molecular weight excluding hydrogens is 426 g/mol. The van der Waals surface area contributed by atoms with E-state index in [1.165, 1.54) is 23.3 Å². The highest BCUT2D eigenvalue weighted by molar-refractivity contribution is 6.32. The van der Waals surface area contributed by atoms with Crippen molar-refractivity contribution in [3.05, 3.63) is 75.5 Å². The van der Waals surface area contributed by atoms with Crippen LogP contribution in [0.4, 0.5) is 4.39 Å². The monoisotopic (exact) mass is 458 g/mol. The molecule has 2 aromatic carbocycles. The van der Waals surface area contributed by atoms with Crippen molar-refractivity contribution in [2.45, 2.75) is 47.5 Å². The Balaban J connectivity index is -0.000000353. The first-order valence-electron chi connectivity index (χ1n) is 9.33. The van der Waals surface area contributed by atoms with Gasteiger partial charge in [0.05, 0.1) is 11.6 Å². The fourth-order valence-corrected chi connectivity index (χ4v) is 2.28. The Morgan fingerprint density at radius 2 is 1.43 bits per heavy atom. The first kappa shape index (κ1) is 32.5.